The van der Waals surface area contributed by atoms with Crippen molar-refractivity contribution in [2.45, 2.75) is 25.9 Å². The number of nitrogens with zero attached hydrogens (tertiary/aromatic N) is 1. The van der Waals surface area contributed by atoms with Gasteiger partial charge in [0.25, 0.3) is 0 Å². The van der Waals surface area contributed by atoms with Crippen LogP contribution in [0.1, 0.15) is 13.8 Å². The monoisotopic (exact) mass is 218 g/mol. The van der Waals surface area contributed by atoms with Gasteiger partial charge in [0.1, 0.15) is 0 Å². The molecule has 0 amide bonds. The van der Waals surface area contributed by atoms with E-state index < -0.39 is 0 Å². The highest BCUT2D eigenvalue weighted by Gasteiger charge is 2.16. The lowest BCUT2D eigenvalue weighted by Gasteiger charge is -2.30. The Kier molecular flexibility index (Phi) is 9.00. The number of ether oxygens (including phenoxy) is 2. The van der Waals surface area contributed by atoms with Crippen molar-refractivity contribution in [3.8, 4) is 0 Å². The van der Waals surface area contributed by atoms with Crippen molar-refractivity contribution in [3.63, 3.8) is 0 Å². The van der Waals surface area contributed by atoms with Crippen molar-refractivity contribution in [2.75, 3.05) is 47.6 Å². The molecule has 0 aliphatic carbocycles. The van der Waals surface area contributed by atoms with Crippen LogP contribution >= 0.6 is 0 Å². The molecular weight excluding hydrogens is 192 g/mol. The lowest BCUT2D eigenvalue weighted by Crippen LogP contribution is -2.46. The van der Waals surface area contributed by atoms with Crippen LogP contribution in [0.15, 0.2) is 0 Å². The first kappa shape index (κ1) is 14.8. The summed E-state index contributed by atoms with van der Waals surface area (Å²) < 4.78 is 10.3. The second kappa shape index (κ2) is 9.09. The van der Waals surface area contributed by atoms with Crippen molar-refractivity contribution in [2.24, 2.45) is 0 Å². The lowest BCUT2D eigenvalue weighted by atomic mass is 10.2. The molecule has 0 aromatic rings. The Morgan fingerprint density at radius 1 is 1.20 bits per heavy atom. The Morgan fingerprint density at radius 2 is 1.80 bits per heavy atom. The van der Waals surface area contributed by atoms with Crippen LogP contribution in [0.3, 0.4) is 0 Å². The average molecular weight is 218 g/mol. The summed E-state index contributed by atoms with van der Waals surface area (Å²) in [6.45, 7) is 7.90. The standard InChI is InChI=1S/C11H26N2O2/c1-6-13(10(2)8-14-4)7-11(12-3)9-15-5/h10-12H,6-9H2,1-5H3. The maximum atomic E-state index is 5.17. The molecule has 92 valence electrons. The van der Waals surface area contributed by atoms with Crippen molar-refractivity contribution < 1.29 is 9.47 Å². The highest BCUT2D eigenvalue weighted by atomic mass is 16.5. The number of hydrogen-bond donors (Lipinski definition) is 1. The van der Waals surface area contributed by atoms with Gasteiger partial charge >= 0.3 is 0 Å². The van der Waals surface area contributed by atoms with Crippen LogP contribution < -0.4 is 5.32 Å². The van der Waals surface area contributed by atoms with E-state index in [0.29, 0.717) is 12.1 Å². The van der Waals surface area contributed by atoms with Crippen LogP contribution in [0, 0.1) is 0 Å². The van der Waals surface area contributed by atoms with E-state index >= 15 is 0 Å². The molecule has 0 rings (SSSR count). The Labute approximate surface area is 93.9 Å². The Hall–Kier alpha value is -0.160. The molecule has 15 heavy (non-hydrogen) atoms. The maximum absolute atomic E-state index is 5.17. The van der Waals surface area contributed by atoms with Gasteiger partial charge in [-0.2, -0.15) is 0 Å². The third kappa shape index (κ3) is 6.10. The van der Waals surface area contributed by atoms with Gasteiger partial charge < -0.3 is 14.8 Å². The van der Waals surface area contributed by atoms with Crippen molar-refractivity contribution in [1.82, 2.24) is 10.2 Å². The van der Waals surface area contributed by atoms with E-state index in [1.165, 1.54) is 0 Å². The summed E-state index contributed by atoms with van der Waals surface area (Å²) in [5.41, 5.74) is 0. The molecule has 0 aliphatic heterocycles. The summed E-state index contributed by atoms with van der Waals surface area (Å²) >= 11 is 0. The van der Waals surface area contributed by atoms with E-state index in [-0.39, 0.29) is 0 Å². The third-order valence-electron chi connectivity index (χ3n) is 2.67. The van der Waals surface area contributed by atoms with Gasteiger partial charge in [0.2, 0.25) is 0 Å². The molecule has 4 nitrogen and oxygen atoms in total. The summed E-state index contributed by atoms with van der Waals surface area (Å²) in [4.78, 5) is 2.39. The zero-order chi connectivity index (χ0) is 11.7. The van der Waals surface area contributed by atoms with Crippen LogP contribution in [-0.4, -0.2) is 64.6 Å². The van der Waals surface area contributed by atoms with Crippen LogP contribution in [0.2, 0.25) is 0 Å². The van der Waals surface area contributed by atoms with Gasteiger partial charge in [0.05, 0.1) is 13.2 Å². The Balaban J connectivity index is 4.04. The lowest BCUT2D eigenvalue weighted by molar-refractivity contribution is 0.0817. The predicted octanol–water partition coefficient (Wildman–Crippen LogP) is 0.578. The molecule has 0 aliphatic rings. The summed E-state index contributed by atoms with van der Waals surface area (Å²) in [5.74, 6) is 0. The summed E-state index contributed by atoms with van der Waals surface area (Å²) in [5, 5.41) is 3.26. The van der Waals surface area contributed by atoms with Gasteiger partial charge in [-0.15, -0.1) is 0 Å². The zero-order valence-corrected chi connectivity index (χ0v) is 10.7. The van der Waals surface area contributed by atoms with E-state index in [4.69, 9.17) is 9.47 Å². The molecule has 0 heterocycles. The van der Waals surface area contributed by atoms with Crippen LogP contribution in [0.5, 0.6) is 0 Å². The second-order valence-electron chi connectivity index (χ2n) is 3.83. The topological polar surface area (TPSA) is 33.7 Å². The second-order valence-corrected chi connectivity index (χ2v) is 3.83. The summed E-state index contributed by atoms with van der Waals surface area (Å²) in [6.07, 6.45) is 0. The van der Waals surface area contributed by atoms with Gasteiger partial charge in [-0.25, -0.2) is 0 Å². The molecule has 2 atom stereocenters. The zero-order valence-electron chi connectivity index (χ0n) is 10.7. The molecule has 0 spiro atoms. The first-order chi connectivity index (χ1) is 7.19. The van der Waals surface area contributed by atoms with E-state index in [1.54, 1.807) is 14.2 Å². The van der Waals surface area contributed by atoms with Gasteiger partial charge in [0, 0.05) is 32.8 Å². The van der Waals surface area contributed by atoms with Crippen LogP contribution in [0.4, 0.5) is 0 Å². The fourth-order valence-electron chi connectivity index (χ4n) is 1.68. The normalized spacial score (nSPS) is 15.6. The van der Waals surface area contributed by atoms with Gasteiger partial charge in [0.15, 0.2) is 0 Å². The van der Waals surface area contributed by atoms with Gasteiger partial charge in [-0.05, 0) is 20.5 Å². The third-order valence-corrected chi connectivity index (χ3v) is 2.67. The molecule has 0 saturated carbocycles. The summed E-state index contributed by atoms with van der Waals surface area (Å²) in [6, 6.07) is 0.835. The van der Waals surface area contributed by atoms with Crippen LogP contribution in [-0.2, 0) is 9.47 Å². The highest BCUT2D eigenvalue weighted by Crippen LogP contribution is 2.01. The number of hydrogen-bond acceptors (Lipinski definition) is 4. The number of rotatable bonds is 9. The number of nitrogens with one attached hydrogen (secondary N) is 1. The van der Waals surface area contributed by atoms with Crippen molar-refractivity contribution in [1.29, 1.82) is 0 Å². The molecule has 0 aromatic carbocycles. The Bertz CT molecular complexity index is 145. The molecule has 0 saturated heterocycles. The molecule has 0 fully saturated rings. The smallest absolute Gasteiger partial charge is 0.0628 e. The molecule has 4 heteroatoms. The number of methoxy groups -OCH3 is 2. The average Bonchev–Trinajstić information content (AvgIpc) is 2.24. The molecule has 1 N–H and O–H groups in total. The first-order valence-corrected chi connectivity index (χ1v) is 5.58. The first-order valence-electron chi connectivity index (χ1n) is 5.58. The van der Waals surface area contributed by atoms with E-state index in [9.17, 15) is 0 Å². The highest BCUT2D eigenvalue weighted by molar-refractivity contribution is 4.73. The minimum absolute atomic E-state index is 0.384. The van der Waals surface area contributed by atoms with E-state index in [2.05, 4.69) is 24.1 Å². The van der Waals surface area contributed by atoms with E-state index in [0.717, 1.165) is 26.3 Å². The maximum Gasteiger partial charge on any atom is 0.0628 e. The van der Waals surface area contributed by atoms with Crippen molar-refractivity contribution >= 4 is 0 Å². The van der Waals surface area contributed by atoms with Gasteiger partial charge in [-0.1, -0.05) is 6.92 Å². The fraction of sp³-hybridized carbons (Fsp3) is 1.00. The summed E-state index contributed by atoms with van der Waals surface area (Å²) in [7, 11) is 5.45. The molecule has 0 bridgehead atoms. The largest absolute Gasteiger partial charge is 0.383 e. The molecule has 2 unspecified atom stereocenters. The Morgan fingerprint density at radius 3 is 2.20 bits per heavy atom. The fourth-order valence-corrected chi connectivity index (χ4v) is 1.68. The van der Waals surface area contributed by atoms with Crippen molar-refractivity contribution in [3.05, 3.63) is 0 Å². The quantitative estimate of drug-likeness (QED) is 0.614. The van der Waals surface area contributed by atoms with Crippen LogP contribution in [0.25, 0.3) is 0 Å². The minimum Gasteiger partial charge on any atom is -0.383 e. The number of likely N-dealkylation sites (N-methyl/N-ethyl adjacent to an activating group) is 2. The minimum atomic E-state index is 0.384. The van der Waals surface area contributed by atoms with Gasteiger partial charge in [-0.3, -0.25) is 4.90 Å². The molecule has 0 radical (unpaired) electrons. The SMILES string of the molecule is CCN(CC(COC)NC)C(C)COC. The molecular formula is C11H26N2O2. The van der Waals surface area contributed by atoms with E-state index in [1.807, 2.05) is 7.05 Å². The molecule has 0 aromatic heterocycles. The predicted molar refractivity (Wildman–Crippen MR) is 63.3 cm³/mol.